The van der Waals surface area contributed by atoms with Crippen molar-refractivity contribution in [3.63, 3.8) is 0 Å². The summed E-state index contributed by atoms with van der Waals surface area (Å²) in [6.45, 7) is 0.255. The van der Waals surface area contributed by atoms with Gasteiger partial charge in [-0.1, -0.05) is 12.1 Å². The Bertz CT molecular complexity index is 544. The zero-order chi connectivity index (χ0) is 13.0. The van der Waals surface area contributed by atoms with Gasteiger partial charge in [-0.3, -0.25) is 0 Å². The molecule has 5 nitrogen and oxygen atoms in total. The van der Waals surface area contributed by atoms with Crippen LogP contribution in [0.4, 0.5) is 5.69 Å². The van der Waals surface area contributed by atoms with Crippen LogP contribution in [0, 0.1) is 0 Å². The van der Waals surface area contributed by atoms with Gasteiger partial charge in [0.1, 0.15) is 23.8 Å². The molecule has 1 heterocycles. The van der Waals surface area contributed by atoms with E-state index in [1.807, 2.05) is 12.1 Å². The number of para-hydroxylation sites is 1. The summed E-state index contributed by atoms with van der Waals surface area (Å²) in [6.07, 6.45) is 0. The first-order valence-corrected chi connectivity index (χ1v) is 5.41. The number of nitrogens with zero attached hydrogens (tertiary/aromatic N) is 1. The predicted molar refractivity (Wildman–Crippen MR) is 67.6 cm³/mol. The van der Waals surface area contributed by atoms with Gasteiger partial charge in [-0.15, -0.1) is 0 Å². The summed E-state index contributed by atoms with van der Waals surface area (Å²) in [7, 11) is 1.56. The lowest BCUT2D eigenvalue weighted by atomic mass is 10.3. The standard InChI is InChI=1S/C13H14N2O3/c1-17-12-7-2-4-9(15-12)8-18-11-6-3-5-10(16)13(11)14/h2-7,16H,8,14H2,1H3. The molecular weight excluding hydrogens is 232 g/mol. The molecule has 3 N–H and O–H groups in total. The lowest BCUT2D eigenvalue weighted by Gasteiger charge is -2.09. The number of pyridine rings is 1. The van der Waals surface area contributed by atoms with Gasteiger partial charge in [-0.05, 0) is 18.2 Å². The number of phenols is 1. The van der Waals surface area contributed by atoms with Crippen molar-refractivity contribution < 1.29 is 14.6 Å². The molecule has 0 fully saturated rings. The zero-order valence-corrected chi connectivity index (χ0v) is 9.96. The maximum absolute atomic E-state index is 9.44. The SMILES string of the molecule is COc1cccc(COc2cccc(O)c2N)n1. The molecule has 0 aliphatic carbocycles. The fraction of sp³-hybridized carbons (Fsp3) is 0.154. The number of ether oxygens (including phenoxy) is 2. The van der Waals surface area contributed by atoms with Crippen LogP contribution in [-0.2, 0) is 6.61 Å². The lowest BCUT2D eigenvalue weighted by molar-refractivity contribution is 0.298. The molecule has 5 heteroatoms. The first kappa shape index (κ1) is 12.0. The summed E-state index contributed by atoms with van der Waals surface area (Å²) < 4.78 is 10.5. The van der Waals surface area contributed by atoms with E-state index in [1.54, 1.807) is 25.3 Å². The molecule has 0 saturated heterocycles. The van der Waals surface area contributed by atoms with E-state index in [-0.39, 0.29) is 18.0 Å². The van der Waals surface area contributed by atoms with Crippen molar-refractivity contribution in [2.45, 2.75) is 6.61 Å². The van der Waals surface area contributed by atoms with Crippen LogP contribution in [0.15, 0.2) is 36.4 Å². The molecule has 18 heavy (non-hydrogen) atoms. The Labute approximate surface area is 105 Å². The minimum absolute atomic E-state index is 0.00565. The number of anilines is 1. The number of benzene rings is 1. The van der Waals surface area contributed by atoms with Crippen LogP contribution in [0.1, 0.15) is 5.69 Å². The lowest BCUT2D eigenvalue weighted by Crippen LogP contribution is -2.01. The Morgan fingerprint density at radius 1 is 1.22 bits per heavy atom. The summed E-state index contributed by atoms with van der Waals surface area (Å²) in [5.41, 5.74) is 6.62. The maximum atomic E-state index is 9.44. The quantitative estimate of drug-likeness (QED) is 0.637. The van der Waals surface area contributed by atoms with Crippen molar-refractivity contribution in [3.05, 3.63) is 42.1 Å². The van der Waals surface area contributed by atoms with E-state index in [4.69, 9.17) is 15.2 Å². The fourth-order valence-electron chi connectivity index (χ4n) is 1.46. The number of phenolic OH excluding ortho intramolecular Hbond substituents is 1. The van der Waals surface area contributed by atoms with E-state index in [2.05, 4.69) is 4.98 Å². The topological polar surface area (TPSA) is 77.6 Å². The number of nitrogens with two attached hydrogens (primary N) is 1. The number of nitrogen functional groups attached to an aromatic ring is 1. The van der Waals surface area contributed by atoms with Crippen LogP contribution in [0.3, 0.4) is 0 Å². The van der Waals surface area contributed by atoms with Gasteiger partial charge in [0.05, 0.1) is 12.8 Å². The normalized spacial score (nSPS) is 10.1. The molecule has 94 valence electrons. The molecule has 0 unspecified atom stereocenters. The molecule has 0 saturated carbocycles. The first-order valence-electron chi connectivity index (χ1n) is 5.41. The highest BCUT2D eigenvalue weighted by molar-refractivity contribution is 5.61. The van der Waals surface area contributed by atoms with Crippen molar-refractivity contribution in [2.24, 2.45) is 0 Å². The number of rotatable bonds is 4. The monoisotopic (exact) mass is 246 g/mol. The Morgan fingerprint density at radius 3 is 2.78 bits per heavy atom. The number of aromatic nitrogens is 1. The van der Waals surface area contributed by atoms with Gasteiger partial charge in [-0.2, -0.15) is 0 Å². The molecular formula is C13H14N2O3. The molecule has 0 amide bonds. The van der Waals surface area contributed by atoms with Crippen LogP contribution < -0.4 is 15.2 Å². The second kappa shape index (κ2) is 5.27. The van der Waals surface area contributed by atoms with Gasteiger partial charge in [0.15, 0.2) is 0 Å². The third kappa shape index (κ3) is 2.63. The van der Waals surface area contributed by atoms with E-state index >= 15 is 0 Å². The Balaban J connectivity index is 2.09. The summed E-state index contributed by atoms with van der Waals surface area (Å²) in [5.74, 6) is 0.964. The zero-order valence-electron chi connectivity index (χ0n) is 9.96. The third-order valence-corrected chi connectivity index (χ3v) is 2.41. The Morgan fingerprint density at radius 2 is 2.00 bits per heavy atom. The minimum atomic E-state index is 0.00565. The summed E-state index contributed by atoms with van der Waals surface area (Å²) in [6, 6.07) is 10.3. The molecule has 0 atom stereocenters. The van der Waals surface area contributed by atoms with Crippen molar-refractivity contribution in [2.75, 3.05) is 12.8 Å². The Kier molecular flexibility index (Phi) is 3.52. The molecule has 1 aromatic heterocycles. The van der Waals surface area contributed by atoms with Crippen molar-refractivity contribution in [1.29, 1.82) is 0 Å². The van der Waals surface area contributed by atoms with Crippen molar-refractivity contribution >= 4 is 5.69 Å². The second-order valence-corrected chi connectivity index (χ2v) is 3.65. The van der Waals surface area contributed by atoms with Gasteiger partial charge >= 0.3 is 0 Å². The van der Waals surface area contributed by atoms with E-state index in [0.29, 0.717) is 11.6 Å². The minimum Gasteiger partial charge on any atom is -0.506 e. The number of hydrogen-bond acceptors (Lipinski definition) is 5. The van der Waals surface area contributed by atoms with Crippen LogP contribution in [-0.4, -0.2) is 17.2 Å². The predicted octanol–water partition coefficient (Wildman–Crippen LogP) is 1.96. The molecule has 2 rings (SSSR count). The summed E-state index contributed by atoms with van der Waals surface area (Å²) in [5, 5.41) is 9.44. The van der Waals surface area contributed by atoms with Crippen molar-refractivity contribution in [1.82, 2.24) is 4.98 Å². The maximum Gasteiger partial charge on any atom is 0.213 e. The molecule has 0 radical (unpaired) electrons. The highest BCUT2D eigenvalue weighted by Gasteiger charge is 2.05. The average molecular weight is 246 g/mol. The van der Waals surface area contributed by atoms with E-state index in [1.165, 1.54) is 6.07 Å². The second-order valence-electron chi connectivity index (χ2n) is 3.65. The van der Waals surface area contributed by atoms with Crippen molar-refractivity contribution in [3.8, 4) is 17.4 Å². The van der Waals surface area contributed by atoms with Gasteiger partial charge in [0.2, 0.25) is 5.88 Å². The highest BCUT2D eigenvalue weighted by atomic mass is 16.5. The van der Waals surface area contributed by atoms with Crippen LogP contribution in [0.2, 0.25) is 0 Å². The number of aromatic hydroxyl groups is 1. The van der Waals surface area contributed by atoms with Crippen LogP contribution in [0.5, 0.6) is 17.4 Å². The van der Waals surface area contributed by atoms with E-state index in [0.717, 1.165) is 5.69 Å². The average Bonchev–Trinajstić information content (AvgIpc) is 2.41. The first-order chi connectivity index (χ1) is 8.70. The number of methoxy groups -OCH3 is 1. The van der Waals surface area contributed by atoms with Gasteiger partial charge in [-0.25, -0.2) is 4.98 Å². The van der Waals surface area contributed by atoms with Crippen LogP contribution >= 0.6 is 0 Å². The third-order valence-electron chi connectivity index (χ3n) is 2.41. The van der Waals surface area contributed by atoms with Gasteiger partial charge in [0.25, 0.3) is 0 Å². The number of hydrogen-bond donors (Lipinski definition) is 2. The molecule has 1 aromatic carbocycles. The molecule has 0 aliphatic heterocycles. The molecule has 0 aliphatic rings. The van der Waals surface area contributed by atoms with E-state index < -0.39 is 0 Å². The molecule has 0 bridgehead atoms. The largest absolute Gasteiger partial charge is 0.506 e. The van der Waals surface area contributed by atoms with Gasteiger partial charge in [0, 0.05) is 6.07 Å². The molecule has 2 aromatic rings. The summed E-state index contributed by atoms with van der Waals surface area (Å²) >= 11 is 0. The van der Waals surface area contributed by atoms with Gasteiger partial charge < -0.3 is 20.3 Å². The molecule has 0 spiro atoms. The Hall–Kier alpha value is -2.43. The van der Waals surface area contributed by atoms with Crippen LogP contribution in [0.25, 0.3) is 0 Å². The fourth-order valence-corrected chi connectivity index (χ4v) is 1.46. The smallest absolute Gasteiger partial charge is 0.213 e. The van der Waals surface area contributed by atoms with E-state index in [9.17, 15) is 5.11 Å². The summed E-state index contributed by atoms with van der Waals surface area (Å²) in [4.78, 5) is 4.21. The highest BCUT2D eigenvalue weighted by Crippen LogP contribution is 2.30.